The van der Waals surface area contributed by atoms with Crippen LogP contribution in [0.2, 0.25) is 0 Å². The largest absolute Gasteiger partial charge is 0.0622 e. The highest BCUT2D eigenvalue weighted by atomic mass is 14.4. The van der Waals surface area contributed by atoms with Crippen molar-refractivity contribution in [2.24, 2.45) is 0 Å². The fourth-order valence-corrected chi connectivity index (χ4v) is 9.73. The molecule has 0 unspecified atom stereocenters. The van der Waals surface area contributed by atoms with E-state index in [0.29, 0.717) is 0 Å². The molecule has 0 heteroatoms. The average Bonchev–Trinajstić information content (AvgIpc) is 3.75. The van der Waals surface area contributed by atoms with Crippen molar-refractivity contribution in [2.45, 2.75) is 0 Å². The van der Waals surface area contributed by atoms with E-state index in [9.17, 15) is 0 Å². The van der Waals surface area contributed by atoms with Gasteiger partial charge in [0.2, 0.25) is 0 Å². The highest BCUT2D eigenvalue weighted by Gasteiger charge is 2.35. The molecule has 0 aromatic heterocycles. The molecule has 12 rings (SSSR count). The number of benzene rings is 10. The summed E-state index contributed by atoms with van der Waals surface area (Å²) in [5.74, 6) is 0. The summed E-state index contributed by atoms with van der Waals surface area (Å²) in [6.45, 7) is 0. The van der Waals surface area contributed by atoms with E-state index in [1.807, 2.05) is 0 Å². The SMILES string of the molecule is c1ccc(-c2ccccc2-c2c3c(c(-c4ccccc4-c4ccccc4)c4cc5ccccc5cc24)-c2ccc4c5c(ccc-3c25)-c2ccccc2-4)cc1. The van der Waals surface area contributed by atoms with E-state index in [1.165, 1.54) is 121 Å². The molecule has 0 bridgehead atoms. The van der Waals surface area contributed by atoms with Gasteiger partial charge in [0, 0.05) is 0 Å². The monoisotopic (exact) mass is 680 g/mol. The third-order valence-electron chi connectivity index (χ3n) is 11.9. The third kappa shape index (κ3) is 4.03. The summed E-state index contributed by atoms with van der Waals surface area (Å²) in [5, 5.41) is 7.79. The molecule has 2 aliphatic rings. The minimum absolute atomic E-state index is 1.22. The molecule has 0 amide bonds. The second-order valence-electron chi connectivity index (χ2n) is 14.7. The van der Waals surface area contributed by atoms with Crippen LogP contribution in [0.4, 0.5) is 0 Å². The summed E-state index contributed by atoms with van der Waals surface area (Å²) >= 11 is 0. The zero-order valence-corrected chi connectivity index (χ0v) is 29.5. The summed E-state index contributed by atoms with van der Waals surface area (Å²) in [6.07, 6.45) is 0. The Bertz CT molecular complexity index is 2970. The zero-order chi connectivity index (χ0) is 35.3. The first-order chi connectivity index (χ1) is 26.8. The van der Waals surface area contributed by atoms with Crippen molar-refractivity contribution < 1.29 is 0 Å². The van der Waals surface area contributed by atoms with Crippen molar-refractivity contribution in [1.82, 2.24) is 0 Å². The van der Waals surface area contributed by atoms with E-state index in [0.717, 1.165) is 0 Å². The second-order valence-corrected chi connectivity index (χ2v) is 14.7. The summed E-state index contributed by atoms with van der Waals surface area (Å²) in [5.41, 5.74) is 20.7. The van der Waals surface area contributed by atoms with Crippen LogP contribution < -0.4 is 0 Å². The Morgan fingerprint density at radius 2 is 0.537 bits per heavy atom. The molecule has 0 saturated heterocycles. The van der Waals surface area contributed by atoms with Crippen molar-refractivity contribution in [2.75, 3.05) is 0 Å². The van der Waals surface area contributed by atoms with Gasteiger partial charge in [-0.25, -0.2) is 0 Å². The van der Waals surface area contributed by atoms with Gasteiger partial charge in [-0.2, -0.15) is 0 Å². The molecule has 0 nitrogen and oxygen atoms in total. The normalized spacial score (nSPS) is 12.1. The Hall–Kier alpha value is -7.02. The Morgan fingerprint density at radius 1 is 0.204 bits per heavy atom. The lowest BCUT2D eigenvalue weighted by Gasteiger charge is -2.24. The maximum Gasteiger partial charge on any atom is -0.000718 e. The topological polar surface area (TPSA) is 0 Å². The highest BCUT2D eigenvalue weighted by molar-refractivity contribution is 6.33. The van der Waals surface area contributed by atoms with Crippen molar-refractivity contribution in [3.05, 3.63) is 194 Å². The van der Waals surface area contributed by atoms with Crippen LogP contribution in [0.1, 0.15) is 0 Å². The molecule has 0 saturated carbocycles. The van der Waals surface area contributed by atoms with Crippen LogP contribution in [-0.2, 0) is 0 Å². The molecule has 0 atom stereocenters. The van der Waals surface area contributed by atoms with Gasteiger partial charge in [0.05, 0.1) is 0 Å². The van der Waals surface area contributed by atoms with Crippen LogP contribution in [0.5, 0.6) is 0 Å². The number of hydrogen-bond acceptors (Lipinski definition) is 0. The highest BCUT2D eigenvalue weighted by Crippen LogP contribution is 2.62. The smallest absolute Gasteiger partial charge is 0.000718 e. The van der Waals surface area contributed by atoms with Gasteiger partial charge in [-0.05, 0) is 133 Å². The van der Waals surface area contributed by atoms with Gasteiger partial charge in [0.25, 0.3) is 0 Å². The fraction of sp³-hybridized carbons (Fsp3) is 0. The molecule has 54 heavy (non-hydrogen) atoms. The predicted octanol–water partition coefficient (Wildman–Crippen LogP) is 15.1. The van der Waals surface area contributed by atoms with Gasteiger partial charge < -0.3 is 0 Å². The maximum atomic E-state index is 2.46. The van der Waals surface area contributed by atoms with Gasteiger partial charge in [0.1, 0.15) is 0 Å². The molecular formula is C54H32. The number of rotatable bonds is 4. The predicted molar refractivity (Wildman–Crippen MR) is 230 cm³/mol. The summed E-state index contributed by atoms with van der Waals surface area (Å²) in [7, 11) is 0. The molecule has 0 radical (unpaired) electrons. The first-order valence-corrected chi connectivity index (χ1v) is 18.9. The van der Waals surface area contributed by atoms with Crippen LogP contribution in [0.15, 0.2) is 194 Å². The standard InChI is InChI=1S/C54H32/c1-3-15-33(16-4-1)37-21-9-13-25-41(37)50-47-31-35-19-7-8-20-36(35)32-48(47)51(42-26-14-10-22-38(42)34-17-5-2-6-18-34)54-46-30-28-44-40-24-12-11-23-39(40)43-27-29-45(53(50)54)52(46)49(43)44/h1-32H. The third-order valence-corrected chi connectivity index (χ3v) is 11.9. The molecule has 0 aliphatic heterocycles. The molecule has 10 aromatic rings. The molecule has 10 aromatic carbocycles. The minimum Gasteiger partial charge on any atom is -0.0622 e. The average molecular weight is 681 g/mol. The van der Waals surface area contributed by atoms with E-state index >= 15 is 0 Å². The van der Waals surface area contributed by atoms with E-state index in [1.54, 1.807) is 0 Å². The molecular weight excluding hydrogens is 649 g/mol. The molecule has 0 spiro atoms. The quantitative estimate of drug-likeness (QED) is 0.162. The van der Waals surface area contributed by atoms with E-state index < -0.39 is 0 Å². The molecule has 0 fully saturated rings. The van der Waals surface area contributed by atoms with Gasteiger partial charge in [-0.3, -0.25) is 0 Å². The van der Waals surface area contributed by atoms with E-state index in [2.05, 4.69) is 194 Å². The lowest BCUT2D eigenvalue weighted by Crippen LogP contribution is -1.96. The lowest BCUT2D eigenvalue weighted by atomic mass is 9.79. The minimum atomic E-state index is 1.22. The van der Waals surface area contributed by atoms with Crippen molar-refractivity contribution >= 4 is 32.3 Å². The molecule has 0 N–H and O–H groups in total. The Labute approximate surface area is 314 Å². The molecule has 2 aliphatic carbocycles. The Balaban J connectivity index is 1.32. The van der Waals surface area contributed by atoms with Crippen molar-refractivity contribution in [3.8, 4) is 89.0 Å². The summed E-state index contributed by atoms with van der Waals surface area (Å²) in [4.78, 5) is 0. The van der Waals surface area contributed by atoms with Gasteiger partial charge in [-0.15, -0.1) is 0 Å². The first-order valence-electron chi connectivity index (χ1n) is 18.9. The fourth-order valence-electron chi connectivity index (χ4n) is 9.73. The maximum absolute atomic E-state index is 2.46. The van der Waals surface area contributed by atoms with Gasteiger partial charge in [-0.1, -0.05) is 182 Å². The van der Waals surface area contributed by atoms with Crippen LogP contribution in [0.25, 0.3) is 121 Å². The lowest BCUT2D eigenvalue weighted by molar-refractivity contribution is 1.58. The molecule has 0 heterocycles. The number of fused-ring (bicyclic) bond motifs is 8. The van der Waals surface area contributed by atoms with E-state index in [-0.39, 0.29) is 0 Å². The van der Waals surface area contributed by atoms with Crippen molar-refractivity contribution in [3.63, 3.8) is 0 Å². The summed E-state index contributed by atoms with van der Waals surface area (Å²) < 4.78 is 0. The molecule has 248 valence electrons. The Kier molecular flexibility index (Phi) is 6.15. The van der Waals surface area contributed by atoms with Crippen LogP contribution >= 0.6 is 0 Å². The van der Waals surface area contributed by atoms with Gasteiger partial charge in [0.15, 0.2) is 0 Å². The second kappa shape index (κ2) is 11.2. The first kappa shape index (κ1) is 29.5. The van der Waals surface area contributed by atoms with E-state index in [4.69, 9.17) is 0 Å². The number of hydrogen-bond donors (Lipinski definition) is 0. The van der Waals surface area contributed by atoms with Crippen molar-refractivity contribution in [1.29, 1.82) is 0 Å². The zero-order valence-electron chi connectivity index (χ0n) is 29.5. The van der Waals surface area contributed by atoms with Crippen LogP contribution in [0.3, 0.4) is 0 Å². The van der Waals surface area contributed by atoms with Crippen LogP contribution in [-0.4, -0.2) is 0 Å². The van der Waals surface area contributed by atoms with Crippen LogP contribution in [0, 0.1) is 0 Å². The Morgan fingerprint density at radius 3 is 0.981 bits per heavy atom. The van der Waals surface area contributed by atoms with Gasteiger partial charge >= 0.3 is 0 Å². The summed E-state index contributed by atoms with van der Waals surface area (Å²) in [6, 6.07) is 72.2.